The maximum Gasteiger partial charge on any atom is 0.123 e. The highest BCUT2D eigenvalue weighted by Crippen LogP contribution is 2.61. The number of phenolic OH excluding ortho intramolecular Hbond substituents is 1. The van der Waals surface area contributed by atoms with Crippen LogP contribution in [-0.4, -0.2) is 16.3 Å². The van der Waals surface area contributed by atoms with Crippen LogP contribution in [-0.2, 0) is 5.41 Å². The zero-order chi connectivity index (χ0) is 23.5. The van der Waals surface area contributed by atoms with Crippen molar-refractivity contribution < 1.29 is 10.2 Å². The summed E-state index contributed by atoms with van der Waals surface area (Å²) in [6.07, 6.45) is 3.71. The molecule has 2 rings (SSSR count). The maximum absolute atomic E-state index is 12.0. The van der Waals surface area contributed by atoms with Crippen molar-refractivity contribution in [1.29, 1.82) is 0 Å². The van der Waals surface area contributed by atoms with Crippen molar-refractivity contribution in [3.63, 3.8) is 0 Å². The molecule has 0 amide bonds. The predicted octanol–water partition coefficient (Wildman–Crippen LogP) is 7.50. The molecule has 0 saturated carbocycles. The van der Waals surface area contributed by atoms with Gasteiger partial charge in [0.1, 0.15) is 5.75 Å². The van der Waals surface area contributed by atoms with Gasteiger partial charge in [-0.15, -0.1) is 0 Å². The van der Waals surface area contributed by atoms with Crippen molar-refractivity contribution in [2.24, 2.45) is 21.7 Å². The molecule has 0 aliphatic heterocycles. The Labute approximate surface area is 185 Å². The Balaban J connectivity index is 2.91. The molecule has 2 heteroatoms. The maximum atomic E-state index is 12.0. The molecular weight excluding hydrogens is 368 g/mol. The number of benzene rings is 1. The molecule has 0 aromatic heterocycles. The monoisotopic (exact) mass is 412 g/mol. The second-order valence-corrected chi connectivity index (χ2v) is 13.2. The summed E-state index contributed by atoms with van der Waals surface area (Å²) in [5.74, 6) is 0.222. The zero-order valence-corrected chi connectivity index (χ0v) is 21.4. The Morgan fingerprint density at radius 1 is 0.767 bits per heavy atom. The molecule has 0 heterocycles. The average molecular weight is 413 g/mol. The number of aliphatic hydroxyl groups excluding tert-OH is 1. The Kier molecular flexibility index (Phi) is 5.98. The highest BCUT2D eigenvalue weighted by Gasteiger charge is 2.56. The molecule has 1 aromatic carbocycles. The second kappa shape index (κ2) is 7.26. The van der Waals surface area contributed by atoms with E-state index in [9.17, 15) is 10.2 Å². The molecule has 2 N–H and O–H groups in total. The Hall–Kier alpha value is -1.54. The fraction of sp³-hybridized carbons (Fsp3) is 0.643. The second-order valence-electron chi connectivity index (χ2n) is 13.2. The van der Waals surface area contributed by atoms with Gasteiger partial charge >= 0.3 is 0 Å². The number of allylic oxidation sites excluding steroid dienone is 2. The fourth-order valence-electron chi connectivity index (χ4n) is 5.13. The van der Waals surface area contributed by atoms with Crippen LogP contribution in [0, 0.1) is 21.7 Å². The van der Waals surface area contributed by atoms with E-state index in [2.05, 4.69) is 101 Å². The van der Waals surface area contributed by atoms with Gasteiger partial charge in [0.15, 0.2) is 0 Å². The third-order valence-electron chi connectivity index (χ3n) is 6.94. The molecular formula is C28H44O2. The third kappa shape index (κ3) is 4.13. The molecule has 0 bridgehead atoms. The van der Waals surface area contributed by atoms with Gasteiger partial charge in [-0.1, -0.05) is 101 Å². The molecule has 168 valence electrons. The number of aliphatic hydroxyl groups is 1. The highest BCUT2D eigenvalue weighted by molar-refractivity contribution is 5.78. The number of hydrogen-bond donors (Lipinski definition) is 2. The van der Waals surface area contributed by atoms with E-state index in [0.29, 0.717) is 0 Å². The van der Waals surface area contributed by atoms with Crippen LogP contribution >= 0.6 is 0 Å². The van der Waals surface area contributed by atoms with Crippen molar-refractivity contribution in [3.8, 4) is 5.75 Å². The van der Waals surface area contributed by atoms with Gasteiger partial charge in [0.2, 0.25) is 0 Å². The van der Waals surface area contributed by atoms with E-state index in [1.54, 1.807) is 6.07 Å². The van der Waals surface area contributed by atoms with Crippen LogP contribution < -0.4 is 0 Å². The van der Waals surface area contributed by atoms with E-state index in [1.165, 1.54) is 5.57 Å². The summed E-state index contributed by atoms with van der Waals surface area (Å²) in [7, 11) is 0. The molecule has 1 aliphatic carbocycles. The van der Waals surface area contributed by atoms with Crippen LogP contribution in [0.2, 0.25) is 0 Å². The molecule has 0 spiro atoms. The Morgan fingerprint density at radius 3 is 1.67 bits per heavy atom. The number of hydrogen-bond acceptors (Lipinski definition) is 2. The first-order valence-electron chi connectivity index (χ1n) is 11.2. The van der Waals surface area contributed by atoms with Crippen molar-refractivity contribution in [3.05, 3.63) is 47.1 Å². The van der Waals surface area contributed by atoms with Crippen molar-refractivity contribution in [1.82, 2.24) is 0 Å². The summed E-state index contributed by atoms with van der Waals surface area (Å²) < 4.78 is 0. The van der Waals surface area contributed by atoms with E-state index in [0.717, 1.165) is 16.7 Å². The largest absolute Gasteiger partial charge is 0.507 e. The highest BCUT2D eigenvalue weighted by atomic mass is 16.3. The van der Waals surface area contributed by atoms with Gasteiger partial charge in [0.25, 0.3) is 0 Å². The quantitative estimate of drug-likeness (QED) is 0.501. The average Bonchev–Trinajstić information content (AvgIpc) is 2.51. The van der Waals surface area contributed by atoms with E-state index in [4.69, 9.17) is 0 Å². The third-order valence-corrected chi connectivity index (χ3v) is 6.94. The number of rotatable bonds is 1. The zero-order valence-electron chi connectivity index (χ0n) is 21.4. The van der Waals surface area contributed by atoms with Gasteiger partial charge in [-0.2, -0.15) is 0 Å². The normalized spacial score (nSPS) is 20.6. The number of phenols is 1. The molecule has 0 fully saturated rings. The van der Waals surface area contributed by atoms with Gasteiger partial charge < -0.3 is 10.2 Å². The smallest absolute Gasteiger partial charge is 0.123 e. The SMILES string of the molecule is CC(C)(C)C1=CC(C(C)(C)C)(C(C)(C)C)C(O)C(c2cc(C(C)(C)C)ccc2O)=C1. The van der Waals surface area contributed by atoms with Crippen LogP contribution in [0.3, 0.4) is 0 Å². The lowest BCUT2D eigenvalue weighted by Gasteiger charge is -2.57. The number of aromatic hydroxyl groups is 1. The lowest BCUT2D eigenvalue weighted by atomic mass is 9.48. The predicted molar refractivity (Wildman–Crippen MR) is 130 cm³/mol. The molecule has 0 saturated heterocycles. The van der Waals surface area contributed by atoms with Gasteiger partial charge in [-0.05, 0) is 50.5 Å². The topological polar surface area (TPSA) is 40.5 Å². The molecule has 1 aliphatic rings. The molecule has 1 atom stereocenters. The van der Waals surface area contributed by atoms with Crippen LogP contribution in [0.4, 0.5) is 0 Å². The first-order chi connectivity index (χ1) is 13.2. The summed E-state index contributed by atoms with van der Waals surface area (Å²) in [6, 6.07) is 5.82. The fourth-order valence-corrected chi connectivity index (χ4v) is 5.13. The first kappa shape index (κ1) is 24.7. The van der Waals surface area contributed by atoms with Crippen LogP contribution in [0.5, 0.6) is 5.75 Å². The minimum absolute atomic E-state index is 0.0452. The summed E-state index contributed by atoms with van der Waals surface area (Å²) >= 11 is 0. The summed E-state index contributed by atoms with van der Waals surface area (Å²) in [6.45, 7) is 26.4. The molecule has 0 radical (unpaired) electrons. The Bertz CT molecular complexity index is 842. The van der Waals surface area contributed by atoms with E-state index >= 15 is 0 Å². The summed E-state index contributed by atoms with van der Waals surface area (Å²) in [5, 5.41) is 22.8. The Morgan fingerprint density at radius 2 is 1.27 bits per heavy atom. The summed E-state index contributed by atoms with van der Waals surface area (Å²) in [5.41, 5.74) is 2.88. The van der Waals surface area contributed by atoms with Crippen molar-refractivity contribution in [2.45, 2.75) is 94.6 Å². The minimum Gasteiger partial charge on any atom is -0.507 e. The van der Waals surface area contributed by atoms with E-state index in [-0.39, 0.29) is 27.4 Å². The standard InChI is InChI=1S/C28H44O2/c1-24(2,3)18-13-14-22(29)20(15-18)21-16-19(25(4,5)6)17-28(23(21)30,26(7,8)9)27(10,11)12/h13-17,23,29-30H,1-12H3. The van der Waals surface area contributed by atoms with E-state index < -0.39 is 11.5 Å². The van der Waals surface area contributed by atoms with Crippen molar-refractivity contribution in [2.75, 3.05) is 0 Å². The van der Waals surface area contributed by atoms with Gasteiger partial charge in [-0.25, -0.2) is 0 Å². The van der Waals surface area contributed by atoms with Gasteiger partial charge in [-0.3, -0.25) is 0 Å². The van der Waals surface area contributed by atoms with Crippen LogP contribution in [0.1, 0.15) is 94.2 Å². The first-order valence-corrected chi connectivity index (χ1v) is 11.2. The van der Waals surface area contributed by atoms with Gasteiger partial charge in [0.05, 0.1) is 6.10 Å². The summed E-state index contributed by atoms with van der Waals surface area (Å²) in [4.78, 5) is 0. The van der Waals surface area contributed by atoms with E-state index in [1.807, 2.05) is 6.07 Å². The molecule has 30 heavy (non-hydrogen) atoms. The molecule has 2 nitrogen and oxygen atoms in total. The molecule has 1 unspecified atom stereocenters. The van der Waals surface area contributed by atoms with Crippen molar-refractivity contribution >= 4 is 5.57 Å². The molecule has 1 aromatic rings. The minimum atomic E-state index is -0.732. The van der Waals surface area contributed by atoms with Crippen LogP contribution in [0.15, 0.2) is 35.9 Å². The lowest BCUT2D eigenvalue weighted by Crippen LogP contribution is -2.55. The van der Waals surface area contributed by atoms with Crippen LogP contribution in [0.25, 0.3) is 5.57 Å². The lowest BCUT2D eigenvalue weighted by molar-refractivity contribution is -0.0671. The van der Waals surface area contributed by atoms with Gasteiger partial charge in [0, 0.05) is 11.0 Å².